The minimum absolute atomic E-state index is 0.0754. The smallest absolute Gasteiger partial charge is 0.338 e. The molecule has 5 heteroatoms. The predicted molar refractivity (Wildman–Crippen MR) is 56.1 cm³/mol. The van der Waals surface area contributed by atoms with Gasteiger partial charge in [0.05, 0.1) is 18.4 Å². The van der Waals surface area contributed by atoms with Crippen LogP contribution in [0.1, 0.15) is 10.4 Å². The molecule has 1 aromatic rings. The van der Waals surface area contributed by atoms with E-state index in [9.17, 15) is 9.59 Å². The molecule has 15 heavy (non-hydrogen) atoms. The fourth-order valence-electron chi connectivity index (χ4n) is 1.01. The first kappa shape index (κ1) is 11.6. The minimum atomic E-state index is -0.917. The molecule has 0 aliphatic rings. The summed E-state index contributed by atoms with van der Waals surface area (Å²) in [6, 6.07) is 6.75. The van der Waals surface area contributed by atoms with Gasteiger partial charge in [0.25, 0.3) is 0 Å². The number of carbonyl (C=O) groups excluding carboxylic acids is 1. The summed E-state index contributed by atoms with van der Waals surface area (Å²) in [7, 11) is 1.29. The van der Waals surface area contributed by atoms with Crippen LogP contribution >= 0.6 is 11.8 Å². The molecule has 0 amide bonds. The van der Waals surface area contributed by atoms with Crippen molar-refractivity contribution in [2.24, 2.45) is 0 Å². The maximum atomic E-state index is 11.3. The van der Waals surface area contributed by atoms with Crippen molar-refractivity contribution in [2.45, 2.75) is 4.90 Å². The van der Waals surface area contributed by atoms with Crippen LogP contribution in [0, 0.1) is 0 Å². The van der Waals surface area contributed by atoms with Crippen LogP contribution in [-0.2, 0) is 9.53 Å². The zero-order valence-electron chi connectivity index (χ0n) is 8.10. The van der Waals surface area contributed by atoms with Crippen LogP contribution in [0.3, 0.4) is 0 Å². The third kappa shape index (κ3) is 3.28. The van der Waals surface area contributed by atoms with Crippen LogP contribution in [-0.4, -0.2) is 29.9 Å². The van der Waals surface area contributed by atoms with E-state index in [0.29, 0.717) is 10.5 Å². The van der Waals surface area contributed by atoms with E-state index < -0.39 is 11.9 Å². The average Bonchev–Trinajstić information content (AvgIpc) is 2.25. The normalized spacial score (nSPS) is 9.67. The molecule has 1 aromatic carbocycles. The Hall–Kier alpha value is -1.49. The topological polar surface area (TPSA) is 63.6 Å². The highest BCUT2D eigenvalue weighted by Crippen LogP contribution is 2.22. The number of thioether (sulfide) groups is 1. The second-order valence-electron chi connectivity index (χ2n) is 2.67. The van der Waals surface area contributed by atoms with Crippen molar-refractivity contribution in [1.82, 2.24) is 0 Å². The first-order valence-electron chi connectivity index (χ1n) is 4.17. The van der Waals surface area contributed by atoms with Gasteiger partial charge in [-0.05, 0) is 12.1 Å². The van der Waals surface area contributed by atoms with Gasteiger partial charge in [-0.1, -0.05) is 12.1 Å². The third-order valence-electron chi connectivity index (χ3n) is 1.64. The van der Waals surface area contributed by atoms with Gasteiger partial charge in [-0.25, -0.2) is 4.79 Å². The van der Waals surface area contributed by atoms with Crippen molar-refractivity contribution >= 4 is 23.7 Å². The molecule has 0 aliphatic carbocycles. The van der Waals surface area contributed by atoms with E-state index in [1.807, 2.05) is 0 Å². The molecule has 0 atom stereocenters. The van der Waals surface area contributed by atoms with Gasteiger partial charge in [0.15, 0.2) is 0 Å². The highest BCUT2D eigenvalue weighted by Gasteiger charge is 2.11. The summed E-state index contributed by atoms with van der Waals surface area (Å²) >= 11 is 1.10. The lowest BCUT2D eigenvalue weighted by Crippen LogP contribution is -2.04. The second-order valence-corrected chi connectivity index (χ2v) is 3.69. The standard InChI is InChI=1S/C10H10O4S/c1-14-10(13)7-4-2-3-5-8(7)15-6-9(11)12/h2-5H,6H2,1H3,(H,11,12). The molecular weight excluding hydrogens is 216 g/mol. The number of hydrogen-bond acceptors (Lipinski definition) is 4. The number of ether oxygens (including phenoxy) is 1. The highest BCUT2D eigenvalue weighted by molar-refractivity contribution is 8.00. The molecule has 4 nitrogen and oxygen atoms in total. The molecule has 1 N–H and O–H groups in total. The number of carbonyl (C=O) groups is 2. The lowest BCUT2D eigenvalue weighted by Gasteiger charge is -2.05. The quantitative estimate of drug-likeness (QED) is 0.624. The number of hydrogen-bond donors (Lipinski definition) is 1. The SMILES string of the molecule is COC(=O)c1ccccc1SCC(=O)O. The Balaban J connectivity index is 2.86. The van der Waals surface area contributed by atoms with Crippen LogP contribution in [0.15, 0.2) is 29.2 Å². The van der Waals surface area contributed by atoms with Crippen LogP contribution < -0.4 is 0 Å². The van der Waals surface area contributed by atoms with Gasteiger partial charge in [0.2, 0.25) is 0 Å². The molecule has 0 bridgehead atoms. The Labute approximate surface area is 91.2 Å². The maximum absolute atomic E-state index is 11.3. The zero-order valence-corrected chi connectivity index (χ0v) is 8.91. The van der Waals surface area contributed by atoms with E-state index >= 15 is 0 Å². The van der Waals surface area contributed by atoms with Gasteiger partial charge < -0.3 is 9.84 Å². The summed E-state index contributed by atoms with van der Waals surface area (Å²) in [6.07, 6.45) is 0. The van der Waals surface area contributed by atoms with Gasteiger partial charge in [-0.3, -0.25) is 4.79 Å². The van der Waals surface area contributed by atoms with E-state index in [0.717, 1.165) is 11.8 Å². The lowest BCUT2D eigenvalue weighted by atomic mass is 10.2. The number of methoxy groups -OCH3 is 1. The van der Waals surface area contributed by atoms with E-state index in [4.69, 9.17) is 5.11 Å². The average molecular weight is 226 g/mol. The first-order chi connectivity index (χ1) is 7.15. The largest absolute Gasteiger partial charge is 0.481 e. The molecule has 0 unspecified atom stereocenters. The highest BCUT2D eigenvalue weighted by atomic mass is 32.2. The summed E-state index contributed by atoms with van der Waals surface area (Å²) in [5.41, 5.74) is 0.395. The molecule has 0 saturated carbocycles. The van der Waals surface area contributed by atoms with Gasteiger partial charge in [0, 0.05) is 4.90 Å². The fraction of sp³-hybridized carbons (Fsp3) is 0.200. The molecule has 80 valence electrons. The summed E-state index contributed by atoms with van der Waals surface area (Å²) in [6.45, 7) is 0. The zero-order chi connectivity index (χ0) is 11.3. The first-order valence-corrected chi connectivity index (χ1v) is 5.15. The summed E-state index contributed by atoms with van der Waals surface area (Å²) in [5.74, 6) is -1.45. The monoisotopic (exact) mass is 226 g/mol. The molecule has 0 spiro atoms. The maximum Gasteiger partial charge on any atom is 0.338 e. The van der Waals surface area contributed by atoms with E-state index in [-0.39, 0.29) is 5.75 Å². The van der Waals surface area contributed by atoms with Crippen molar-refractivity contribution in [3.63, 3.8) is 0 Å². The van der Waals surface area contributed by atoms with Crippen LogP contribution in [0.5, 0.6) is 0 Å². The molecule has 0 aliphatic heterocycles. The van der Waals surface area contributed by atoms with E-state index in [2.05, 4.69) is 4.74 Å². The predicted octanol–water partition coefficient (Wildman–Crippen LogP) is 1.65. The van der Waals surface area contributed by atoms with Crippen molar-refractivity contribution in [2.75, 3.05) is 12.9 Å². The van der Waals surface area contributed by atoms with Gasteiger partial charge in [0.1, 0.15) is 0 Å². The van der Waals surface area contributed by atoms with E-state index in [1.165, 1.54) is 7.11 Å². The molecule has 0 heterocycles. The molecule has 0 radical (unpaired) electrons. The Kier molecular flexibility index (Phi) is 4.17. The molecular formula is C10H10O4S. The number of carboxylic acid groups (broad SMARTS) is 1. The van der Waals surface area contributed by atoms with Crippen molar-refractivity contribution < 1.29 is 19.4 Å². The number of esters is 1. The number of carboxylic acids is 1. The van der Waals surface area contributed by atoms with Crippen LogP contribution in [0.4, 0.5) is 0 Å². The van der Waals surface area contributed by atoms with Gasteiger partial charge >= 0.3 is 11.9 Å². The summed E-state index contributed by atoms with van der Waals surface area (Å²) < 4.78 is 4.58. The molecule has 0 aromatic heterocycles. The Morgan fingerprint density at radius 1 is 1.40 bits per heavy atom. The van der Waals surface area contributed by atoms with Gasteiger partial charge in [-0.2, -0.15) is 0 Å². The molecule has 0 saturated heterocycles. The van der Waals surface area contributed by atoms with Gasteiger partial charge in [-0.15, -0.1) is 11.8 Å². The Morgan fingerprint density at radius 3 is 2.67 bits per heavy atom. The number of aliphatic carboxylic acids is 1. The number of benzene rings is 1. The van der Waals surface area contributed by atoms with Crippen LogP contribution in [0.2, 0.25) is 0 Å². The van der Waals surface area contributed by atoms with Crippen LogP contribution in [0.25, 0.3) is 0 Å². The minimum Gasteiger partial charge on any atom is -0.481 e. The van der Waals surface area contributed by atoms with E-state index in [1.54, 1.807) is 24.3 Å². The van der Waals surface area contributed by atoms with Crippen molar-refractivity contribution in [1.29, 1.82) is 0 Å². The lowest BCUT2D eigenvalue weighted by molar-refractivity contribution is -0.133. The fourth-order valence-corrected chi connectivity index (χ4v) is 1.77. The van der Waals surface area contributed by atoms with Crippen molar-refractivity contribution in [3.8, 4) is 0 Å². The Bertz CT molecular complexity index is 375. The third-order valence-corrected chi connectivity index (χ3v) is 2.70. The number of rotatable bonds is 4. The Morgan fingerprint density at radius 2 is 2.07 bits per heavy atom. The summed E-state index contributed by atoms with van der Waals surface area (Å²) in [4.78, 5) is 22.3. The second kappa shape index (κ2) is 5.41. The van der Waals surface area contributed by atoms with Crippen molar-refractivity contribution in [3.05, 3.63) is 29.8 Å². The molecule has 1 rings (SSSR count). The summed E-state index contributed by atoms with van der Waals surface area (Å²) in [5, 5.41) is 8.52. The molecule has 0 fully saturated rings.